The minimum Gasteiger partial charge on any atom is -0.504 e. The highest BCUT2D eigenvalue weighted by Crippen LogP contribution is 2.63. The van der Waals surface area contributed by atoms with Crippen molar-refractivity contribution in [3.05, 3.63) is 23.3 Å². The number of phenolic OH excluding ortho intramolecular Hbond substituents is 1. The maximum Gasteiger partial charge on any atom is 0.174 e. The van der Waals surface area contributed by atoms with Crippen LogP contribution in [0.4, 0.5) is 0 Å². The largest absolute Gasteiger partial charge is 0.504 e. The van der Waals surface area contributed by atoms with Crippen LogP contribution in [-0.4, -0.2) is 41.0 Å². The van der Waals surface area contributed by atoms with Gasteiger partial charge in [0, 0.05) is 30.0 Å². The summed E-state index contributed by atoms with van der Waals surface area (Å²) < 4.78 is 6.13. The molecule has 0 radical (unpaired) electrons. The number of benzene rings is 1. The third kappa shape index (κ3) is 1.52. The molecule has 1 saturated heterocycles. The van der Waals surface area contributed by atoms with E-state index in [9.17, 15) is 9.90 Å². The van der Waals surface area contributed by atoms with Gasteiger partial charge in [0.25, 0.3) is 0 Å². The Hall–Kier alpha value is -1.55. The summed E-state index contributed by atoms with van der Waals surface area (Å²) in [5.74, 6) is 2.47. The molecule has 2 saturated carbocycles. The number of hydrogen-bond donors (Lipinski definition) is 1. The van der Waals surface area contributed by atoms with Gasteiger partial charge in [0.15, 0.2) is 23.4 Å². The Balaban J connectivity index is 1.53. The van der Waals surface area contributed by atoms with Crippen LogP contribution in [-0.2, 0) is 16.6 Å². The van der Waals surface area contributed by atoms with Gasteiger partial charge >= 0.3 is 0 Å². The molecule has 4 heteroatoms. The Morgan fingerprint density at radius 1 is 1.29 bits per heavy atom. The number of phenols is 1. The van der Waals surface area contributed by atoms with Crippen LogP contribution in [0.5, 0.6) is 11.5 Å². The van der Waals surface area contributed by atoms with E-state index < -0.39 is 0 Å². The van der Waals surface area contributed by atoms with Crippen molar-refractivity contribution >= 4 is 5.78 Å². The van der Waals surface area contributed by atoms with Gasteiger partial charge in [-0.2, -0.15) is 0 Å². The number of nitrogens with zero attached hydrogens (tertiary/aromatic N) is 1. The summed E-state index contributed by atoms with van der Waals surface area (Å²) in [6.07, 6.45) is 6.08. The van der Waals surface area contributed by atoms with Gasteiger partial charge in [0.2, 0.25) is 0 Å². The first-order valence-corrected chi connectivity index (χ1v) is 9.47. The first-order chi connectivity index (χ1) is 11.7. The molecular weight excluding hydrogens is 302 g/mol. The maximum absolute atomic E-state index is 12.7. The zero-order valence-corrected chi connectivity index (χ0v) is 13.8. The van der Waals surface area contributed by atoms with Crippen LogP contribution >= 0.6 is 0 Å². The molecule has 1 aromatic carbocycles. The zero-order valence-electron chi connectivity index (χ0n) is 13.8. The van der Waals surface area contributed by atoms with Crippen molar-refractivity contribution in [2.24, 2.45) is 11.8 Å². The maximum atomic E-state index is 12.7. The zero-order chi connectivity index (χ0) is 16.1. The van der Waals surface area contributed by atoms with Gasteiger partial charge in [-0.3, -0.25) is 9.69 Å². The Morgan fingerprint density at radius 2 is 2.17 bits per heavy atom. The van der Waals surface area contributed by atoms with Crippen molar-refractivity contribution in [3.63, 3.8) is 0 Å². The second-order valence-electron chi connectivity index (χ2n) is 8.56. The van der Waals surface area contributed by atoms with Gasteiger partial charge in [-0.25, -0.2) is 0 Å². The van der Waals surface area contributed by atoms with Crippen LogP contribution < -0.4 is 4.74 Å². The Kier molecular flexibility index (Phi) is 2.48. The van der Waals surface area contributed by atoms with Gasteiger partial charge in [-0.15, -0.1) is 0 Å². The first kappa shape index (κ1) is 13.7. The molecule has 4 nitrogen and oxygen atoms in total. The number of ether oxygens (including phenoxy) is 1. The van der Waals surface area contributed by atoms with Gasteiger partial charge in [0.05, 0.1) is 0 Å². The summed E-state index contributed by atoms with van der Waals surface area (Å²) >= 11 is 0. The highest BCUT2D eigenvalue weighted by atomic mass is 16.5. The molecule has 24 heavy (non-hydrogen) atoms. The topological polar surface area (TPSA) is 49.8 Å². The van der Waals surface area contributed by atoms with E-state index in [0.717, 1.165) is 31.7 Å². The number of ketones is 1. The molecule has 5 aliphatic rings. The van der Waals surface area contributed by atoms with E-state index in [1.807, 2.05) is 0 Å². The number of hydrogen-bond acceptors (Lipinski definition) is 4. The number of carbonyl (C=O) groups is 1. The van der Waals surface area contributed by atoms with Crippen molar-refractivity contribution in [1.29, 1.82) is 0 Å². The predicted octanol–water partition coefficient (Wildman–Crippen LogP) is 2.41. The fourth-order valence-corrected chi connectivity index (χ4v) is 6.27. The molecule has 1 unspecified atom stereocenters. The summed E-state index contributed by atoms with van der Waals surface area (Å²) in [5.41, 5.74) is 2.33. The third-order valence-corrected chi connectivity index (χ3v) is 7.41. The molecule has 1 N–H and O–H groups in total. The minimum atomic E-state index is -0.357. The standard InChI is InChI=1S/C20H23NO3/c22-15-5-3-12-9-14-13-4-6-16(23)19-20(13,17(12)18(15)24-19)7-8-21(14)10-11-1-2-11/h3,5,11,13-14,19,22H,1-2,4,6-10H2/t13-,14+,19?,20-/m0/s1. The van der Waals surface area contributed by atoms with E-state index in [1.165, 1.54) is 30.5 Å². The number of piperidine rings is 1. The molecule has 6 rings (SSSR count). The summed E-state index contributed by atoms with van der Waals surface area (Å²) in [5, 5.41) is 10.3. The average Bonchev–Trinajstić information content (AvgIpc) is 3.32. The van der Waals surface area contributed by atoms with Crippen LogP contribution in [0.25, 0.3) is 0 Å². The van der Waals surface area contributed by atoms with Crippen LogP contribution in [0.1, 0.15) is 43.2 Å². The summed E-state index contributed by atoms with van der Waals surface area (Å²) in [6.45, 7) is 2.30. The monoisotopic (exact) mass is 325 g/mol. The van der Waals surface area contributed by atoms with Crippen LogP contribution in [0.3, 0.4) is 0 Å². The van der Waals surface area contributed by atoms with Crippen LogP contribution in [0, 0.1) is 11.8 Å². The predicted molar refractivity (Wildman–Crippen MR) is 88.3 cm³/mol. The minimum absolute atomic E-state index is 0.165. The molecule has 3 aliphatic carbocycles. The van der Waals surface area contributed by atoms with Crippen molar-refractivity contribution in [2.45, 2.75) is 56.1 Å². The number of likely N-dealkylation sites (tertiary alicyclic amines) is 1. The molecule has 3 fully saturated rings. The van der Waals surface area contributed by atoms with Crippen LogP contribution in [0.15, 0.2) is 12.1 Å². The Morgan fingerprint density at radius 3 is 3.00 bits per heavy atom. The Labute approximate surface area is 141 Å². The molecule has 1 spiro atoms. The third-order valence-electron chi connectivity index (χ3n) is 7.41. The van der Waals surface area contributed by atoms with Crippen molar-refractivity contribution in [2.75, 3.05) is 13.1 Å². The van der Waals surface area contributed by atoms with Gasteiger partial charge in [-0.1, -0.05) is 6.07 Å². The second kappa shape index (κ2) is 4.34. The molecule has 0 amide bonds. The number of carbonyl (C=O) groups excluding carboxylic acids is 1. The highest BCUT2D eigenvalue weighted by molar-refractivity contribution is 5.89. The van der Waals surface area contributed by atoms with Gasteiger partial charge in [-0.05, 0) is 62.1 Å². The smallest absolute Gasteiger partial charge is 0.174 e. The molecule has 2 heterocycles. The molecule has 4 atom stereocenters. The van der Waals surface area contributed by atoms with E-state index in [4.69, 9.17) is 4.74 Å². The molecule has 0 aromatic heterocycles. The van der Waals surface area contributed by atoms with Gasteiger partial charge < -0.3 is 9.84 Å². The summed E-state index contributed by atoms with van der Waals surface area (Å²) in [7, 11) is 0. The van der Waals surface area contributed by atoms with Crippen molar-refractivity contribution < 1.29 is 14.6 Å². The number of rotatable bonds is 2. The molecule has 2 aliphatic heterocycles. The number of Topliss-reactive ketones (excluding diaryl/α,β-unsaturated/α-hetero) is 1. The van der Waals surface area contributed by atoms with Crippen molar-refractivity contribution in [3.8, 4) is 11.5 Å². The SMILES string of the molecule is O=C1CC[C@H]2[C@H]3Cc4ccc(O)c5c4[C@@]2(CCN3CC2CC2)C1O5. The van der Waals surface area contributed by atoms with E-state index in [2.05, 4.69) is 11.0 Å². The lowest BCUT2D eigenvalue weighted by molar-refractivity contribution is -0.138. The van der Waals surface area contributed by atoms with E-state index >= 15 is 0 Å². The molecule has 2 bridgehead atoms. The fraction of sp³-hybridized carbons (Fsp3) is 0.650. The van der Waals surface area contributed by atoms with Crippen molar-refractivity contribution in [1.82, 2.24) is 4.90 Å². The molecule has 126 valence electrons. The molecule has 1 aromatic rings. The highest BCUT2D eigenvalue weighted by Gasteiger charge is 2.65. The van der Waals surface area contributed by atoms with Gasteiger partial charge in [0.1, 0.15) is 0 Å². The van der Waals surface area contributed by atoms with Crippen LogP contribution in [0.2, 0.25) is 0 Å². The first-order valence-electron chi connectivity index (χ1n) is 9.47. The lowest BCUT2D eigenvalue weighted by Gasteiger charge is -2.57. The van der Waals surface area contributed by atoms with E-state index in [1.54, 1.807) is 6.07 Å². The number of aromatic hydroxyl groups is 1. The summed E-state index contributed by atoms with van der Waals surface area (Å²) in [4.78, 5) is 15.4. The summed E-state index contributed by atoms with van der Waals surface area (Å²) in [6, 6.07) is 4.37. The second-order valence-corrected chi connectivity index (χ2v) is 8.56. The average molecular weight is 325 g/mol. The normalized spacial score (nSPS) is 39.5. The fourth-order valence-electron chi connectivity index (χ4n) is 6.27. The lowest BCUT2D eigenvalue weighted by Crippen LogP contribution is -2.66. The van der Waals surface area contributed by atoms with E-state index in [0.29, 0.717) is 24.1 Å². The quantitative estimate of drug-likeness (QED) is 0.907. The van der Waals surface area contributed by atoms with E-state index in [-0.39, 0.29) is 23.1 Å². The lowest BCUT2D eigenvalue weighted by atomic mass is 9.51. The molecular formula is C20H23NO3. The Bertz CT molecular complexity index is 755.